The molecule has 8 heteroatoms. The zero-order valence-corrected chi connectivity index (χ0v) is 14.1. The fourth-order valence-electron chi connectivity index (χ4n) is 2.31. The maximum atomic E-state index is 13.1. The van der Waals surface area contributed by atoms with Crippen LogP contribution in [-0.2, 0) is 16.1 Å². The van der Waals surface area contributed by atoms with E-state index in [1.165, 1.54) is 18.2 Å². The number of halogens is 3. The molecule has 0 fully saturated rings. The lowest BCUT2D eigenvalue weighted by Gasteiger charge is -2.14. The standard InChI is InChI=1S/C18H18F3N3O2/c1-24(10-12-2-4-13(19)5-3-12)11-18(26)22-9-17(25)23-14-6-7-15(20)16(21)8-14/h2-8H,9-11H2,1H3,(H,22,26)(H,23,25)/p+1. The molecule has 0 aromatic heterocycles. The zero-order valence-electron chi connectivity index (χ0n) is 14.1. The van der Waals surface area contributed by atoms with Gasteiger partial charge in [-0.1, -0.05) is 12.1 Å². The number of hydrogen-bond acceptors (Lipinski definition) is 2. The second-order valence-corrected chi connectivity index (χ2v) is 5.89. The highest BCUT2D eigenvalue weighted by Crippen LogP contribution is 2.12. The molecule has 26 heavy (non-hydrogen) atoms. The third kappa shape index (κ3) is 6.21. The molecule has 0 aliphatic heterocycles. The molecular formula is C18H19F3N3O2+. The third-order valence-electron chi connectivity index (χ3n) is 3.53. The van der Waals surface area contributed by atoms with Gasteiger partial charge in [-0.2, -0.15) is 0 Å². The van der Waals surface area contributed by atoms with Crippen LogP contribution in [0.5, 0.6) is 0 Å². The van der Waals surface area contributed by atoms with Gasteiger partial charge in [0, 0.05) is 17.3 Å². The van der Waals surface area contributed by atoms with Crippen molar-refractivity contribution in [2.75, 3.05) is 25.5 Å². The highest BCUT2D eigenvalue weighted by molar-refractivity contribution is 5.94. The molecule has 0 aliphatic carbocycles. The maximum Gasteiger partial charge on any atom is 0.275 e. The predicted octanol–water partition coefficient (Wildman–Crippen LogP) is 0.874. The summed E-state index contributed by atoms with van der Waals surface area (Å²) >= 11 is 0. The molecule has 0 saturated heterocycles. The summed E-state index contributed by atoms with van der Waals surface area (Å²) in [6.07, 6.45) is 0. The Morgan fingerprint density at radius 3 is 2.31 bits per heavy atom. The molecule has 0 radical (unpaired) electrons. The molecule has 0 aliphatic rings. The number of rotatable bonds is 7. The summed E-state index contributed by atoms with van der Waals surface area (Å²) in [6.45, 7) is 0.353. The first-order valence-corrected chi connectivity index (χ1v) is 7.91. The number of nitrogens with one attached hydrogen (secondary N) is 3. The Bertz CT molecular complexity index is 782. The Morgan fingerprint density at radius 1 is 0.962 bits per heavy atom. The van der Waals surface area contributed by atoms with Crippen molar-refractivity contribution in [3.63, 3.8) is 0 Å². The first-order chi connectivity index (χ1) is 12.3. The van der Waals surface area contributed by atoms with Gasteiger partial charge in [0.15, 0.2) is 18.2 Å². The van der Waals surface area contributed by atoms with E-state index in [4.69, 9.17) is 0 Å². The van der Waals surface area contributed by atoms with Crippen molar-refractivity contribution in [2.45, 2.75) is 6.54 Å². The van der Waals surface area contributed by atoms with Gasteiger partial charge in [0.25, 0.3) is 5.91 Å². The highest BCUT2D eigenvalue weighted by Gasteiger charge is 2.12. The van der Waals surface area contributed by atoms with E-state index in [-0.39, 0.29) is 30.5 Å². The number of hydrogen-bond donors (Lipinski definition) is 3. The number of likely N-dealkylation sites (N-methyl/N-ethyl adjacent to an activating group) is 1. The van der Waals surface area contributed by atoms with Gasteiger partial charge in [0.1, 0.15) is 12.4 Å². The summed E-state index contributed by atoms with van der Waals surface area (Å²) in [5, 5.41) is 4.82. The molecule has 0 spiro atoms. The summed E-state index contributed by atoms with van der Waals surface area (Å²) in [5.74, 6) is -3.30. The number of carbonyl (C=O) groups is 2. The van der Waals surface area contributed by atoms with E-state index in [0.29, 0.717) is 6.54 Å². The number of quaternary nitrogens is 1. The Labute approximate surface area is 148 Å². The van der Waals surface area contributed by atoms with E-state index in [1.807, 2.05) is 0 Å². The van der Waals surface area contributed by atoms with Crippen molar-refractivity contribution in [1.29, 1.82) is 0 Å². The minimum Gasteiger partial charge on any atom is -0.342 e. The van der Waals surface area contributed by atoms with Crippen LogP contribution in [0.2, 0.25) is 0 Å². The van der Waals surface area contributed by atoms with Crippen molar-refractivity contribution in [3.05, 3.63) is 65.5 Å². The average molecular weight is 366 g/mol. The summed E-state index contributed by atoms with van der Waals surface area (Å²) in [6, 6.07) is 8.97. The third-order valence-corrected chi connectivity index (χ3v) is 3.53. The van der Waals surface area contributed by atoms with Crippen molar-refractivity contribution >= 4 is 17.5 Å². The monoisotopic (exact) mass is 366 g/mol. The summed E-state index contributed by atoms with van der Waals surface area (Å²) in [7, 11) is 1.80. The summed E-state index contributed by atoms with van der Waals surface area (Å²) in [5.41, 5.74) is 0.981. The molecule has 0 saturated carbocycles. The van der Waals surface area contributed by atoms with Crippen molar-refractivity contribution in [2.24, 2.45) is 0 Å². The molecule has 2 aromatic carbocycles. The van der Waals surface area contributed by atoms with Gasteiger partial charge >= 0.3 is 0 Å². The van der Waals surface area contributed by atoms with Crippen LogP contribution < -0.4 is 15.5 Å². The number of benzene rings is 2. The lowest BCUT2D eigenvalue weighted by Crippen LogP contribution is -3.08. The van der Waals surface area contributed by atoms with Gasteiger partial charge < -0.3 is 15.5 Å². The number of carbonyl (C=O) groups excluding carboxylic acids is 2. The van der Waals surface area contributed by atoms with Crippen LogP contribution in [-0.4, -0.2) is 32.0 Å². The molecule has 2 amide bonds. The van der Waals surface area contributed by atoms with Crippen molar-refractivity contribution < 1.29 is 27.7 Å². The smallest absolute Gasteiger partial charge is 0.275 e. The SMILES string of the molecule is C[NH+](CC(=O)NCC(=O)Nc1ccc(F)c(F)c1)Cc1ccc(F)cc1. The summed E-state index contributed by atoms with van der Waals surface area (Å²) < 4.78 is 38.8. The van der Waals surface area contributed by atoms with Crippen LogP contribution in [0.25, 0.3) is 0 Å². The molecule has 1 atom stereocenters. The second-order valence-electron chi connectivity index (χ2n) is 5.89. The fraction of sp³-hybridized carbons (Fsp3) is 0.222. The molecule has 138 valence electrons. The van der Waals surface area contributed by atoms with Gasteiger partial charge in [-0.25, -0.2) is 13.2 Å². The van der Waals surface area contributed by atoms with Crippen LogP contribution in [0.15, 0.2) is 42.5 Å². The van der Waals surface area contributed by atoms with Crippen LogP contribution in [0.3, 0.4) is 0 Å². The first kappa shape index (κ1) is 19.5. The molecular weight excluding hydrogens is 347 g/mol. The summed E-state index contributed by atoms with van der Waals surface area (Å²) in [4.78, 5) is 24.5. The lowest BCUT2D eigenvalue weighted by atomic mass is 10.2. The Balaban J connectivity index is 1.74. The quantitative estimate of drug-likeness (QED) is 0.681. The minimum atomic E-state index is -1.07. The first-order valence-electron chi connectivity index (χ1n) is 7.91. The predicted molar refractivity (Wildman–Crippen MR) is 89.9 cm³/mol. The normalized spacial score (nSPS) is 11.7. The minimum absolute atomic E-state index is 0.0993. The highest BCUT2D eigenvalue weighted by atomic mass is 19.2. The molecule has 2 rings (SSSR count). The van der Waals surface area contributed by atoms with E-state index in [2.05, 4.69) is 10.6 Å². The van der Waals surface area contributed by atoms with E-state index in [1.54, 1.807) is 19.2 Å². The van der Waals surface area contributed by atoms with Gasteiger partial charge in [-0.05, 0) is 24.3 Å². The Hall–Kier alpha value is -2.87. The van der Waals surface area contributed by atoms with Gasteiger partial charge in [-0.15, -0.1) is 0 Å². The molecule has 5 nitrogen and oxygen atoms in total. The zero-order chi connectivity index (χ0) is 19.1. The second kappa shape index (κ2) is 9.00. The van der Waals surface area contributed by atoms with Crippen LogP contribution >= 0.6 is 0 Å². The van der Waals surface area contributed by atoms with Crippen molar-refractivity contribution in [1.82, 2.24) is 5.32 Å². The lowest BCUT2D eigenvalue weighted by molar-refractivity contribution is -0.885. The van der Waals surface area contributed by atoms with Crippen LogP contribution in [0.1, 0.15) is 5.56 Å². The topological polar surface area (TPSA) is 62.6 Å². The molecule has 0 heterocycles. The Morgan fingerprint density at radius 2 is 1.65 bits per heavy atom. The molecule has 2 aromatic rings. The van der Waals surface area contributed by atoms with Crippen LogP contribution in [0.4, 0.5) is 18.9 Å². The molecule has 0 bridgehead atoms. The van der Waals surface area contributed by atoms with E-state index < -0.39 is 17.5 Å². The number of amides is 2. The number of anilines is 1. The van der Waals surface area contributed by atoms with E-state index in [0.717, 1.165) is 22.6 Å². The van der Waals surface area contributed by atoms with Gasteiger partial charge in [0.2, 0.25) is 5.91 Å². The van der Waals surface area contributed by atoms with Gasteiger partial charge in [0.05, 0.1) is 13.6 Å². The van der Waals surface area contributed by atoms with Gasteiger partial charge in [-0.3, -0.25) is 9.59 Å². The largest absolute Gasteiger partial charge is 0.342 e. The van der Waals surface area contributed by atoms with E-state index >= 15 is 0 Å². The maximum absolute atomic E-state index is 13.1. The molecule has 1 unspecified atom stereocenters. The van der Waals surface area contributed by atoms with E-state index in [9.17, 15) is 22.8 Å². The molecule has 3 N–H and O–H groups in total. The van der Waals surface area contributed by atoms with Crippen LogP contribution in [0, 0.1) is 17.5 Å². The fourth-order valence-corrected chi connectivity index (χ4v) is 2.31. The average Bonchev–Trinajstić information content (AvgIpc) is 2.58. The Kier molecular flexibility index (Phi) is 6.74. The van der Waals surface area contributed by atoms with Crippen molar-refractivity contribution in [3.8, 4) is 0 Å².